The van der Waals surface area contributed by atoms with Gasteiger partial charge in [-0.3, -0.25) is 4.79 Å². The average Bonchev–Trinajstić information content (AvgIpc) is 2.98. The van der Waals surface area contributed by atoms with Gasteiger partial charge in [-0.05, 0) is 44.5 Å². The van der Waals surface area contributed by atoms with Crippen LogP contribution in [0.1, 0.15) is 31.2 Å². The third-order valence-electron chi connectivity index (χ3n) is 5.31. The summed E-state index contributed by atoms with van der Waals surface area (Å²) < 4.78 is 15.3. The van der Waals surface area contributed by atoms with Crippen molar-refractivity contribution in [1.29, 1.82) is 0 Å². The highest BCUT2D eigenvalue weighted by atomic mass is 32.2. The highest BCUT2D eigenvalue weighted by Crippen LogP contribution is 2.23. The molecule has 0 unspecified atom stereocenters. The fraction of sp³-hybridized carbons (Fsp3) is 0.524. The fourth-order valence-electron chi connectivity index (χ4n) is 3.40. The van der Waals surface area contributed by atoms with Crippen LogP contribution in [-0.2, 0) is 11.3 Å². The topological polar surface area (TPSA) is 41.4 Å². The van der Waals surface area contributed by atoms with E-state index < -0.39 is 0 Å². The molecule has 5 nitrogen and oxygen atoms in total. The van der Waals surface area contributed by atoms with Gasteiger partial charge in [0, 0.05) is 44.1 Å². The van der Waals surface area contributed by atoms with E-state index in [0.717, 1.165) is 49.0 Å². The highest BCUT2D eigenvalue weighted by molar-refractivity contribution is 7.99. The Kier molecular flexibility index (Phi) is 6.99. The number of amides is 1. The first-order chi connectivity index (χ1) is 13.5. The number of nitrogens with zero attached hydrogens (tertiary/aromatic N) is 4. The van der Waals surface area contributed by atoms with Crippen molar-refractivity contribution in [3.05, 3.63) is 41.5 Å². The number of anilines is 1. The number of benzene rings is 1. The van der Waals surface area contributed by atoms with Gasteiger partial charge >= 0.3 is 0 Å². The zero-order chi connectivity index (χ0) is 20.1. The van der Waals surface area contributed by atoms with E-state index >= 15 is 0 Å². The van der Waals surface area contributed by atoms with Gasteiger partial charge in [-0.2, -0.15) is 0 Å². The second-order valence-electron chi connectivity index (χ2n) is 7.20. The summed E-state index contributed by atoms with van der Waals surface area (Å²) in [5.74, 6) is 0.347. The molecule has 7 heteroatoms. The van der Waals surface area contributed by atoms with Gasteiger partial charge in [0.15, 0.2) is 5.16 Å². The lowest BCUT2D eigenvalue weighted by molar-refractivity contribution is -0.128. The van der Waals surface area contributed by atoms with Crippen molar-refractivity contribution < 1.29 is 9.18 Å². The molecule has 1 aliphatic rings. The number of carbonyl (C=O) groups is 1. The van der Waals surface area contributed by atoms with E-state index in [4.69, 9.17) is 0 Å². The first-order valence-corrected chi connectivity index (χ1v) is 10.9. The molecule has 3 rings (SSSR count). The standard InChI is InChI=1S/C21H29FN4OS/c1-4-5-10-26-17(3)16(2)23-21(26)28-15-20(27)25-13-11-24(12-14-25)19-8-6-18(22)7-9-19/h6-9H,4-5,10-15H2,1-3H3. The molecule has 1 saturated heterocycles. The Morgan fingerprint density at radius 3 is 2.46 bits per heavy atom. The van der Waals surface area contributed by atoms with Crippen molar-refractivity contribution in [2.24, 2.45) is 0 Å². The summed E-state index contributed by atoms with van der Waals surface area (Å²) in [5.41, 5.74) is 3.24. The van der Waals surface area contributed by atoms with Gasteiger partial charge in [0.25, 0.3) is 0 Å². The van der Waals surface area contributed by atoms with Crippen LogP contribution in [0.25, 0.3) is 0 Å². The minimum absolute atomic E-state index is 0.157. The molecular weight excluding hydrogens is 375 g/mol. The molecule has 152 valence electrons. The quantitative estimate of drug-likeness (QED) is 0.657. The number of hydrogen-bond acceptors (Lipinski definition) is 4. The van der Waals surface area contributed by atoms with Crippen molar-refractivity contribution in [3.8, 4) is 0 Å². The predicted molar refractivity (Wildman–Crippen MR) is 113 cm³/mol. The van der Waals surface area contributed by atoms with Crippen LogP contribution in [0, 0.1) is 19.7 Å². The van der Waals surface area contributed by atoms with Gasteiger partial charge < -0.3 is 14.4 Å². The SMILES string of the molecule is CCCCn1c(SCC(=O)N2CCN(c3ccc(F)cc3)CC2)nc(C)c1C. The Balaban J connectivity index is 1.52. The highest BCUT2D eigenvalue weighted by Gasteiger charge is 2.22. The van der Waals surface area contributed by atoms with Crippen molar-refractivity contribution in [1.82, 2.24) is 14.5 Å². The molecule has 0 bridgehead atoms. The molecular formula is C21H29FN4OS. The second-order valence-corrected chi connectivity index (χ2v) is 8.15. The number of thioether (sulfide) groups is 1. The zero-order valence-electron chi connectivity index (χ0n) is 16.9. The van der Waals surface area contributed by atoms with E-state index in [9.17, 15) is 9.18 Å². The van der Waals surface area contributed by atoms with Crippen LogP contribution < -0.4 is 4.90 Å². The van der Waals surface area contributed by atoms with Crippen LogP contribution >= 0.6 is 11.8 Å². The van der Waals surface area contributed by atoms with Crippen LogP contribution in [0.3, 0.4) is 0 Å². The Morgan fingerprint density at radius 2 is 1.82 bits per heavy atom. The minimum atomic E-state index is -0.225. The maximum atomic E-state index is 13.1. The third kappa shape index (κ3) is 4.87. The fourth-order valence-corrected chi connectivity index (χ4v) is 4.42. The molecule has 1 fully saturated rings. The maximum Gasteiger partial charge on any atom is 0.233 e. The molecule has 0 radical (unpaired) electrons. The first kappa shape index (κ1) is 20.7. The minimum Gasteiger partial charge on any atom is -0.368 e. The molecule has 0 atom stereocenters. The monoisotopic (exact) mass is 404 g/mol. The normalized spacial score (nSPS) is 14.6. The molecule has 0 N–H and O–H groups in total. The Bertz CT molecular complexity index is 797. The summed E-state index contributed by atoms with van der Waals surface area (Å²) in [6, 6.07) is 6.55. The van der Waals surface area contributed by atoms with E-state index in [2.05, 4.69) is 28.3 Å². The van der Waals surface area contributed by atoms with Gasteiger partial charge in [-0.1, -0.05) is 25.1 Å². The largest absolute Gasteiger partial charge is 0.368 e. The molecule has 0 aliphatic carbocycles. The summed E-state index contributed by atoms with van der Waals surface area (Å²) in [4.78, 5) is 21.4. The van der Waals surface area contributed by atoms with Gasteiger partial charge in [-0.15, -0.1) is 0 Å². The average molecular weight is 405 g/mol. The molecule has 0 spiro atoms. The lowest BCUT2D eigenvalue weighted by Gasteiger charge is -2.36. The first-order valence-electron chi connectivity index (χ1n) is 9.94. The summed E-state index contributed by atoms with van der Waals surface area (Å²) >= 11 is 1.54. The number of halogens is 1. The van der Waals surface area contributed by atoms with E-state index in [1.54, 1.807) is 12.1 Å². The number of rotatable bonds is 7. The third-order valence-corrected chi connectivity index (χ3v) is 6.27. The molecule has 1 aromatic carbocycles. The summed E-state index contributed by atoms with van der Waals surface area (Å²) in [6.07, 6.45) is 2.25. The Hall–Kier alpha value is -2.02. The number of imidazole rings is 1. The van der Waals surface area contributed by atoms with Crippen molar-refractivity contribution >= 4 is 23.4 Å². The van der Waals surface area contributed by atoms with Crippen LogP contribution in [0.5, 0.6) is 0 Å². The second kappa shape index (κ2) is 9.45. The number of aryl methyl sites for hydroxylation is 1. The number of hydrogen-bond donors (Lipinski definition) is 0. The van der Waals surface area contributed by atoms with Gasteiger partial charge in [0.1, 0.15) is 5.82 Å². The number of piperazine rings is 1. The molecule has 1 aliphatic heterocycles. The lowest BCUT2D eigenvalue weighted by Crippen LogP contribution is -2.49. The smallest absolute Gasteiger partial charge is 0.233 e. The van der Waals surface area contributed by atoms with E-state index in [1.165, 1.54) is 29.6 Å². The van der Waals surface area contributed by atoms with Crippen LogP contribution in [0.15, 0.2) is 29.4 Å². The number of carbonyl (C=O) groups excluding carboxylic acids is 1. The van der Waals surface area contributed by atoms with E-state index in [0.29, 0.717) is 18.8 Å². The molecule has 28 heavy (non-hydrogen) atoms. The molecule has 0 saturated carbocycles. The summed E-state index contributed by atoms with van der Waals surface area (Å²) in [7, 11) is 0. The van der Waals surface area contributed by atoms with Gasteiger partial charge in [0.05, 0.1) is 11.4 Å². The van der Waals surface area contributed by atoms with Gasteiger partial charge in [-0.25, -0.2) is 9.37 Å². The lowest BCUT2D eigenvalue weighted by atomic mass is 10.2. The van der Waals surface area contributed by atoms with Crippen molar-refractivity contribution in [3.63, 3.8) is 0 Å². The Morgan fingerprint density at radius 1 is 1.14 bits per heavy atom. The van der Waals surface area contributed by atoms with Crippen LogP contribution in [0.2, 0.25) is 0 Å². The molecule has 1 aromatic heterocycles. The van der Waals surface area contributed by atoms with Gasteiger partial charge in [0.2, 0.25) is 5.91 Å². The zero-order valence-corrected chi connectivity index (χ0v) is 17.8. The number of unbranched alkanes of at least 4 members (excludes halogenated alkanes) is 1. The summed E-state index contributed by atoms with van der Waals surface area (Å²) in [5, 5.41) is 0.946. The molecule has 2 heterocycles. The van der Waals surface area contributed by atoms with Crippen LogP contribution in [-0.4, -0.2) is 52.3 Å². The van der Waals surface area contributed by atoms with Crippen LogP contribution in [0.4, 0.5) is 10.1 Å². The maximum absolute atomic E-state index is 13.1. The number of aromatic nitrogens is 2. The molecule has 1 amide bonds. The molecule has 2 aromatic rings. The van der Waals surface area contributed by atoms with E-state index in [-0.39, 0.29) is 11.7 Å². The van der Waals surface area contributed by atoms with Crippen molar-refractivity contribution in [2.45, 2.75) is 45.3 Å². The summed E-state index contributed by atoms with van der Waals surface area (Å²) in [6.45, 7) is 10.2. The van der Waals surface area contributed by atoms with Crippen molar-refractivity contribution in [2.75, 3.05) is 36.8 Å². The van der Waals surface area contributed by atoms with E-state index in [1.807, 2.05) is 11.8 Å². The predicted octanol–water partition coefficient (Wildman–Crippen LogP) is 3.88. The Labute approximate surface area is 170 Å².